The Balaban J connectivity index is 1.86. The molecule has 6 heteroatoms. The Morgan fingerprint density at radius 1 is 1.39 bits per heavy atom. The molecule has 0 radical (unpaired) electrons. The van der Waals surface area contributed by atoms with Crippen LogP contribution in [-0.4, -0.2) is 42.4 Å². The normalized spacial score (nSPS) is 35.5. The Labute approximate surface area is 103 Å². The average Bonchev–Trinajstić information content (AvgIpc) is 3.15. The highest BCUT2D eigenvalue weighted by Crippen LogP contribution is 2.65. The van der Waals surface area contributed by atoms with Crippen molar-refractivity contribution in [1.82, 2.24) is 4.90 Å². The van der Waals surface area contributed by atoms with Crippen molar-refractivity contribution in [2.24, 2.45) is 11.3 Å². The molecule has 2 saturated heterocycles. The van der Waals surface area contributed by atoms with Crippen LogP contribution < -0.4 is 0 Å². The highest BCUT2D eigenvalue weighted by molar-refractivity contribution is 5.90. The molecule has 18 heavy (non-hydrogen) atoms. The molecule has 1 amide bonds. The van der Waals surface area contributed by atoms with Gasteiger partial charge in [0.25, 0.3) is 5.92 Å². The van der Waals surface area contributed by atoms with E-state index < -0.39 is 35.2 Å². The van der Waals surface area contributed by atoms with Crippen molar-refractivity contribution in [1.29, 1.82) is 0 Å². The second-order valence-electron chi connectivity index (χ2n) is 5.48. The first-order valence-electron chi connectivity index (χ1n) is 6.21. The van der Waals surface area contributed by atoms with Crippen LogP contribution in [0.3, 0.4) is 0 Å². The van der Waals surface area contributed by atoms with E-state index >= 15 is 0 Å². The Kier molecular flexibility index (Phi) is 2.26. The van der Waals surface area contributed by atoms with E-state index in [9.17, 15) is 18.4 Å². The third kappa shape index (κ3) is 1.23. The molecule has 0 aromatic rings. The Bertz CT molecular complexity index is 420. The molecule has 1 aliphatic carbocycles. The van der Waals surface area contributed by atoms with Crippen molar-refractivity contribution in [2.45, 2.75) is 37.6 Å². The molecular formula is C12H15F2NO3. The molecule has 0 N–H and O–H groups in total. The van der Waals surface area contributed by atoms with Crippen LogP contribution in [0.15, 0.2) is 0 Å². The number of fused-ring (bicyclic) bond motifs is 1. The molecule has 4 nitrogen and oxygen atoms in total. The number of ether oxygens (including phenoxy) is 1. The molecule has 3 aliphatic rings. The van der Waals surface area contributed by atoms with Gasteiger partial charge >= 0.3 is 5.97 Å². The molecule has 100 valence electrons. The number of alkyl halides is 2. The van der Waals surface area contributed by atoms with Crippen molar-refractivity contribution in [3.05, 3.63) is 0 Å². The van der Waals surface area contributed by atoms with E-state index in [1.165, 1.54) is 12.0 Å². The van der Waals surface area contributed by atoms with Gasteiger partial charge in [-0.3, -0.25) is 9.59 Å². The van der Waals surface area contributed by atoms with Gasteiger partial charge in [0.1, 0.15) is 5.41 Å². The third-order valence-electron chi connectivity index (χ3n) is 4.59. The number of hydrogen-bond acceptors (Lipinski definition) is 3. The number of hydrogen-bond donors (Lipinski definition) is 0. The summed E-state index contributed by atoms with van der Waals surface area (Å²) in [4.78, 5) is 24.8. The molecule has 3 rings (SSSR count). The van der Waals surface area contributed by atoms with Crippen LogP contribution in [0, 0.1) is 11.3 Å². The van der Waals surface area contributed by atoms with Gasteiger partial charge in [-0.1, -0.05) is 0 Å². The number of methoxy groups -OCH3 is 1. The Morgan fingerprint density at radius 3 is 2.61 bits per heavy atom. The predicted octanol–water partition coefficient (Wildman–Crippen LogP) is 1.20. The van der Waals surface area contributed by atoms with Crippen molar-refractivity contribution >= 4 is 11.9 Å². The average molecular weight is 259 g/mol. The number of rotatable bonds is 1. The van der Waals surface area contributed by atoms with Gasteiger partial charge in [0, 0.05) is 6.54 Å². The predicted molar refractivity (Wildman–Crippen MR) is 56.9 cm³/mol. The van der Waals surface area contributed by atoms with E-state index in [1.807, 2.05) is 0 Å². The number of piperidine rings is 1. The van der Waals surface area contributed by atoms with Crippen molar-refractivity contribution < 1.29 is 23.1 Å². The maximum absolute atomic E-state index is 14.2. The number of halogens is 2. The number of carbonyl (C=O) groups excluding carboxylic acids is 2. The molecule has 3 fully saturated rings. The summed E-state index contributed by atoms with van der Waals surface area (Å²) < 4.78 is 33.0. The fraction of sp³-hybridized carbons (Fsp3) is 0.833. The van der Waals surface area contributed by atoms with Gasteiger partial charge in [-0.25, -0.2) is 8.78 Å². The molecule has 2 aliphatic heterocycles. The van der Waals surface area contributed by atoms with Crippen molar-refractivity contribution in [2.75, 3.05) is 13.7 Å². The van der Waals surface area contributed by atoms with Crippen LogP contribution in [0.1, 0.15) is 25.7 Å². The lowest BCUT2D eigenvalue weighted by molar-refractivity contribution is -0.150. The summed E-state index contributed by atoms with van der Waals surface area (Å²) in [5.41, 5.74) is -1.44. The Morgan fingerprint density at radius 2 is 2.06 bits per heavy atom. The molecule has 1 saturated carbocycles. The molecule has 2 atom stereocenters. The Hall–Kier alpha value is -1.20. The van der Waals surface area contributed by atoms with Crippen LogP contribution in [0.5, 0.6) is 0 Å². The minimum atomic E-state index is -2.94. The maximum Gasteiger partial charge on any atom is 0.310 e. The lowest BCUT2D eigenvalue weighted by Gasteiger charge is -2.35. The van der Waals surface area contributed by atoms with Crippen LogP contribution in [0.25, 0.3) is 0 Å². The van der Waals surface area contributed by atoms with E-state index in [4.69, 9.17) is 0 Å². The lowest BCUT2D eigenvalue weighted by atomic mass is 9.89. The molecule has 0 aromatic heterocycles. The van der Waals surface area contributed by atoms with Gasteiger partial charge in [-0.2, -0.15) is 0 Å². The first-order valence-corrected chi connectivity index (χ1v) is 6.21. The summed E-state index contributed by atoms with van der Waals surface area (Å²) in [5, 5.41) is 0. The zero-order valence-corrected chi connectivity index (χ0v) is 10.1. The first kappa shape index (κ1) is 11.9. The molecule has 1 spiro atoms. The SMILES string of the molecule is COC(=O)C1CCC2N(C1)C(=O)C1(CC1)C2(F)F. The van der Waals surface area contributed by atoms with Gasteiger partial charge in [0.15, 0.2) is 0 Å². The third-order valence-corrected chi connectivity index (χ3v) is 4.59. The van der Waals surface area contributed by atoms with Gasteiger partial charge in [0.2, 0.25) is 5.91 Å². The van der Waals surface area contributed by atoms with Crippen LogP contribution in [-0.2, 0) is 14.3 Å². The van der Waals surface area contributed by atoms with Crippen molar-refractivity contribution in [3.63, 3.8) is 0 Å². The molecular weight excluding hydrogens is 244 g/mol. The summed E-state index contributed by atoms with van der Waals surface area (Å²) >= 11 is 0. The standard InChI is InChI=1S/C12H15F2NO3/c1-18-9(16)7-2-3-8-12(13,14)11(4-5-11)10(17)15(8)6-7/h7-8H,2-6H2,1H3. The highest BCUT2D eigenvalue weighted by Gasteiger charge is 2.77. The molecule has 2 unspecified atom stereocenters. The van der Waals surface area contributed by atoms with Crippen LogP contribution >= 0.6 is 0 Å². The lowest BCUT2D eigenvalue weighted by Crippen LogP contribution is -2.48. The van der Waals surface area contributed by atoms with E-state index in [2.05, 4.69) is 4.74 Å². The summed E-state index contributed by atoms with van der Waals surface area (Å²) in [6.07, 6.45) is 1.09. The molecule has 0 bridgehead atoms. The number of esters is 1. The van der Waals surface area contributed by atoms with Gasteiger partial charge in [-0.15, -0.1) is 0 Å². The van der Waals surface area contributed by atoms with Gasteiger partial charge < -0.3 is 9.64 Å². The highest BCUT2D eigenvalue weighted by atomic mass is 19.3. The molecule has 0 aromatic carbocycles. The fourth-order valence-electron chi connectivity index (χ4n) is 3.34. The summed E-state index contributed by atoms with van der Waals surface area (Å²) in [5.74, 6) is -4.28. The smallest absolute Gasteiger partial charge is 0.310 e. The summed E-state index contributed by atoms with van der Waals surface area (Å²) in [6.45, 7) is 0.0769. The van der Waals surface area contributed by atoms with Crippen LogP contribution in [0.2, 0.25) is 0 Å². The van der Waals surface area contributed by atoms with Gasteiger partial charge in [-0.05, 0) is 25.7 Å². The van der Waals surface area contributed by atoms with E-state index in [0.717, 1.165) is 0 Å². The maximum atomic E-state index is 14.2. The zero-order chi connectivity index (χ0) is 13.1. The summed E-state index contributed by atoms with van der Waals surface area (Å²) in [6, 6.07) is -1.02. The fourth-order valence-corrected chi connectivity index (χ4v) is 3.34. The quantitative estimate of drug-likeness (QED) is 0.665. The number of amides is 1. The minimum Gasteiger partial charge on any atom is -0.469 e. The largest absolute Gasteiger partial charge is 0.469 e. The van der Waals surface area contributed by atoms with E-state index in [1.54, 1.807) is 0 Å². The number of nitrogens with zero attached hydrogens (tertiary/aromatic N) is 1. The zero-order valence-electron chi connectivity index (χ0n) is 10.1. The van der Waals surface area contributed by atoms with Crippen molar-refractivity contribution in [3.8, 4) is 0 Å². The second-order valence-corrected chi connectivity index (χ2v) is 5.48. The topological polar surface area (TPSA) is 46.6 Å². The first-order chi connectivity index (χ1) is 8.44. The number of carbonyl (C=O) groups is 2. The van der Waals surface area contributed by atoms with Gasteiger partial charge in [0.05, 0.1) is 19.1 Å². The van der Waals surface area contributed by atoms with E-state index in [0.29, 0.717) is 6.42 Å². The molecule has 2 heterocycles. The second kappa shape index (κ2) is 3.42. The minimum absolute atomic E-state index is 0.0769. The van der Waals surface area contributed by atoms with E-state index in [-0.39, 0.29) is 25.8 Å². The summed E-state index contributed by atoms with van der Waals surface area (Å²) in [7, 11) is 1.28. The van der Waals surface area contributed by atoms with Crippen LogP contribution in [0.4, 0.5) is 8.78 Å². The monoisotopic (exact) mass is 259 g/mol.